The van der Waals surface area contributed by atoms with E-state index in [0.29, 0.717) is 24.3 Å². The fourth-order valence-corrected chi connectivity index (χ4v) is 2.92. The third kappa shape index (κ3) is 3.37. The molecule has 7 heteroatoms. The van der Waals surface area contributed by atoms with E-state index >= 15 is 0 Å². The van der Waals surface area contributed by atoms with E-state index in [9.17, 15) is 18.4 Å². The summed E-state index contributed by atoms with van der Waals surface area (Å²) in [5, 5.41) is 0. The van der Waals surface area contributed by atoms with Gasteiger partial charge in [-0.3, -0.25) is 9.59 Å². The lowest BCUT2D eigenvalue weighted by molar-refractivity contribution is -0.122. The van der Waals surface area contributed by atoms with Gasteiger partial charge in [0.1, 0.15) is 18.4 Å². The van der Waals surface area contributed by atoms with E-state index in [-0.39, 0.29) is 18.1 Å². The molecule has 26 heavy (non-hydrogen) atoms. The van der Waals surface area contributed by atoms with Gasteiger partial charge in [-0.05, 0) is 43.2 Å². The molecule has 1 aliphatic rings. The van der Waals surface area contributed by atoms with Gasteiger partial charge in [-0.15, -0.1) is 0 Å². The van der Waals surface area contributed by atoms with E-state index in [4.69, 9.17) is 10.5 Å². The topological polar surface area (TPSA) is 72.6 Å². The first-order valence-corrected chi connectivity index (χ1v) is 8.17. The fraction of sp³-hybridized carbons (Fsp3) is 0.263. The van der Waals surface area contributed by atoms with Crippen molar-refractivity contribution >= 4 is 11.8 Å². The van der Waals surface area contributed by atoms with Gasteiger partial charge in [0.25, 0.3) is 5.91 Å². The van der Waals surface area contributed by atoms with Gasteiger partial charge >= 0.3 is 0 Å². The fourth-order valence-electron chi connectivity index (χ4n) is 2.92. The number of nitrogens with zero attached hydrogens (tertiary/aromatic N) is 1. The van der Waals surface area contributed by atoms with Crippen LogP contribution in [0.1, 0.15) is 28.4 Å². The molecule has 136 valence electrons. The number of amides is 2. The number of carbonyl (C=O) groups is 2. The molecule has 0 aromatic heterocycles. The number of primary amides is 1. The van der Waals surface area contributed by atoms with E-state index < -0.39 is 23.6 Å². The second-order valence-electron chi connectivity index (χ2n) is 6.15. The maximum atomic E-state index is 13.7. The van der Waals surface area contributed by atoms with Crippen molar-refractivity contribution in [2.24, 2.45) is 5.73 Å². The minimum absolute atomic E-state index is 0.111. The summed E-state index contributed by atoms with van der Waals surface area (Å²) in [4.78, 5) is 25.3. The van der Waals surface area contributed by atoms with Crippen LogP contribution < -0.4 is 10.5 Å². The summed E-state index contributed by atoms with van der Waals surface area (Å²) in [5.74, 6) is -2.22. The SMILES string of the molecule is CC(C(N)=O)N1CCc2cc(OCc3cccc(F)c3F)ccc2C1=O. The molecule has 1 atom stereocenters. The summed E-state index contributed by atoms with van der Waals surface area (Å²) in [6.07, 6.45) is 0.546. The van der Waals surface area contributed by atoms with Crippen molar-refractivity contribution in [1.82, 2.24) is 4.90 Å². The molecule has 0 aliphatic carbocycles. The van der Waals surface area contributed by atoms with E-state index in [1.54, 1.807) is 25.1 Å². The summed E-state index contributed by atoms with van der Waals surface area (Å²) >= 11 is 0. The minimum atomic E-state index is -0.934. The Bertz CT molecular complexity index is 870. The van der Waals surface area contributed by atoms with Crippen LogP contribution in [0.2, 0.25) is 0 Å². The highest BCUT2D eigenvalue weighted by Crippen LogP contribution is 2.26. The van der Waals surface area contributed by atoms with Gasteiger partial charge in [0, 0.05) is 17.7 Å². The number of hydrogen-bond donors (Lipinski definition) is 1. The Hall–Kier alpha value is -2.96. The first kappa shape index (κ1) is 17.8. The molecule has 0 spiro atoms. The second kappa shape index (κ2) is 7.11. The van der Waals surface area contributed by atoms with Gasteiger partial charge in [-0.1, -0.05) is 12.1 Å². The Morgan fingerprint density at radius 2 is 2.08 bits per heavy atom. The van der Waals surface area contributed by atoms with Crippen molar-refractivity contribution in [3.05, 3.63) is 64.7 Å². The molecule has 0 fully saturated rings. The molecule has 2 aromatic rings. The van der Waals surface area contributed by atoms with Crippen molar-refractivity contribution in [1.29, 1.82) is 0 Å². The number of carbonyl (C=O) groups excluding carboxylic acids is 2. The van der Waals surface area contributed by atoms with Crippen molar-refractivity contribution in [3.8, 4) is 5.75 Å². The van der Waals surface area contributed by atoms with Crippen LogP contribution in [0.3, 0.4) is 0 Å². The van der Waals surface area contributed by atoms with Crippen LogP contribution >= 0.6 is 0 Å². The number of hydrogen-bond acceptors (Lipinski definition) is 3. The quantitative estimate of drug-likeness (QED) is 0.890. The van der Waals surface area contributed by atoms with Crippen molar-refractivity contribution in [2.75, 3.05) is 6.54 Å². The minimum Gasteiger partial charge on any atom is -0.489 e. The van der Waals surface area contributed by atoms with Crippen molar-refractivity contribution < 1.29 is 23.1 Å². The smallest absolute Gasteiger partial charge is 0.254 e. The first-order chi connectivity index (χ1) is 12.4. The Morgan fingerprint density at radius 3 is 2.81 bits per heavy atom. The molecule has 0 saturated heterocycles. The van der Waals surface area contributed by atoms with Gasteiger partial charge in [0.05, 0.1) is 0 Å². The molecule has 1 unspecified atom stereocenters. The van der Waals surface area contributed by atoms with Crippen LogP contribution in [0.4, 0.5) is 8.78 Å². The summed E-state index contributed by atoms with van der Waals surface area (Å²) in [7, 11) is 0. The normalized spacial score (nSPS) is 14.7. The number of nitrogens with two attached hydrogens (primary N) is 1. The molecular formula is C19H18F2N2O3. The van der Waals surface area contributed by atoms with Gasteiger partial charge in [0.2, 0.25) is 5.91 Å². The molecule has 0 radical (unpaired) electrons. The summed E-state index contributed by atoms with van der Waals surface area (Å²) in [5.41, 5.74) is 6.65. The predicted molar refractivity (Wildman–Crippen MR) is 90.5 cm³/mol. The molecule has 2 aromatic carbocycles. The maximum absolute atomic E-state index is 13.7. The van der Waals surface area contributed by atoms with Crippen LogP contribution in [-0.4, -0.2) is 29.3 Å². The van der Waals surface area contributed by atoms with E-state index in [1.807, 2.05) is 0 Å². The molecule has 3 rings (SSSR count). The number of ether oxygens (including phenoxy) is 1. The highest BCUT2D eigenvalue weighted by atomic mass is 19.2. The zero-order valence-electron chi connectivity index (χ0n) is 14.2. The van der Waals surface area contributed by atoms with E-state index in [1.165, 1.54) is 17.0 Å². The second-order valence-corrected chi connectivity index (χ2v) is 6.15. The highest BCUT2D eigenvalue weighted by Gasteiger charge is 2.30. The van der Waals surface area contributed by atoms with Gasteiger partial charge in [-0.2, -0.15) is 0 Å². The molecule has 2 amide bonds. The zero-order valence-corrected chi connectivity index (χ0v) is 14.2. The third-order valence-electron chi connectivity index (χ3n) is 4.50. The monoisotopic (exact) mass is 360 g/mol. The number of benzene rings is 2. The van der Waals surface area contributed by atoms with Gasteiger partial charge in [-0.25, -0.2) is 8.78 Å². The van der Waals surface area contributed by atoms with Gasteiger partial charge in [0.15, 0.2) is 11.6 Å². The molecule has 0 saturated carbocycles. The van der Waals surface area contributed by atoms with Crippen LogP contribution in [-0.2, 0) is 17.8 Å². The van der Waals surface area contributed by atoms with E-state index in [2.05, 4.69) is 0 Å². The summed E-state index contributed by atoms with van der Waals surface area (Å²) in [6, 6.07) is 8.13. The lowest BCUT2D eigenvalue weighted by Crippen LogP contribution is -2.49. The molecule has 5 nitrogen and oxygen atoms in total. The first-order valence-electron chi connectivity index (χ1n) is 8.17. The lowest BCUT2D eigenvalue weighted by atomic mass is 9.97. The Labute approximate surface area is 149 Å². The Kier molecular flexibility index (Phi) is 4.88. The molecule has 1 heterocycles. The molecular weight excluding hydrogens is 342 g/mol. The van der Waals surface area contributed by atoms with Crippen molar-refractivity contribution in [3.63, 3.8) is 0 Å². The average Bonchev–Trinajstić information content (AvgIpc) is 2.62. The number of halogens is 2. The lowest BCUT2D eigenvalue weighted by Gasteiger charge is -2.32. The molecule has 1 aliphatic heterocycles. The van der Waals surface area contributed by atoms with Crippen LogP contribution in [0.25, 0.3) is 0 Å². The number of rotatable bonds is 5. The third-order valence-corrected chi connectivity index (χ3v) is 4.50. The Morgan fingerprint density at radius 1 is 1.31 bits per heavy atom. The van der Waals surface area contributed by atoms with Gasteiger partial charge < -0.3 is 15.4 Å². The molecule has 0 bridgehead atoms. The van der Waals surface area contributed by atoms with Crippen molar-refractivity contribution in [2.45, 2.75) is 26.0 Å². The molecule has 2 N–H and O–H groups in total. The highest BCUT2D eigenvalue weighted by molar-refractivity contribution is 5.99. The van der Waals surface area contributed by atoms with Crippen LogP contribution in [0, 0.1) is 11.6 Å². The number of fused-ring (bicyclic) bond motifs is 1. The predicted octanol–water partition coefficient (Wildman–Crippen LogP) is 2.42. The van der Waals surface area contributed by atoms with E-state index in [0.717, 1.165) is 11.6 Å². The summed E-state index contributed by atoms with van der Waals surface area (Å²) in [6.45, 7) is 1.84. The largest absolute Gasteiger partial charge is 0.489 e. The Balaban J connectivity index is 1.75. The standard InChI is InChI=1S/C19H18F2N2O3/c1-11(18(22)24)23-8-7-12-9-14(5-6-15(12)19(23)25)26-10-13-3-2-4-16(20)17(13)21/h2-6,9,11H,7-8,10H2,1H3,(H2,22,24). The van der Waals surface area contributed by atoms with Crippen LogP contribution in [0.15, 0.2) is 36.4 Å². The average molecular weight is 360 g/mol. The maximum Gasteiger partial charge on any atom is 0.254 e. The zero-order chi connectivity index (χ0) is 18.8. The summed E-state index contributed by atoms with van der Waals surface area (Å²) < 4.78 is 32.4. The van der Waals surface area contributed by atoms with Crippen LogP contribution in [0.5, 0.6) is 5.75 Å².